The van der Waals surface area contributed by atoms with Crippen LogP contribution in [0.3, 0.4) is 0 Å². The predicted molar refractivity (Wildman–Crippen MR) is 108 cm³/mol. The van der Waals surface area contributed by atoms with Gasteiger partial charge in [-0.3, -0.25) is 4.79 Å². The summed E-state index contributed by atoms with van der Waals surface area (Å²) in [6.07, 6.45) is 3.31. The van der Waals surface area contributed by atoms with Gasteiger partial charge in [-0.05, 0) is 29.3 Å². The van der Waals surface area contributed by atoms with E-state index in [0.29, 0.717) is 29.8 Å². The molecule has 1 heterocycles. The van der Waals surface area contributed by atoms with Crippen molar-refractivity contribution < 1.29 is 14.3 Å². The number of hydrogen-bond donors (Lipinski definition) is 1. The number of methoxy groups -OCH3 is 1. The second-order valence-corrected chi connectivity index (χ2v) is 6.80. The average molecular weight is 395 g/mol. The third-order valence-corrected chi connectivity index (χ3v) is 4.70. The molecule has 0 saturated heterocycles. The Morgan fingerprint density at radius 2 is 1.79 bits per heavy atom. The van der Waals surface area contributed by atoms with E-state index in [1.165, 1.54) is 11.8 Å². The number of ether oxygens (including phenoxy) is 2. The van der Waals surface area contributed by atoms with Crippen LogP contribution < -0.4 is 14.8 Å². The van der Waals surface area contributed by atoms with Crippen LogP contribution in [0.15, 0.2) is 72.1 Å². The number of thioether (sulfide) groups is 1. The second kappa shape index (κ2) is 10.3. The van der Waals surface area contributed by atoms with Crippen LogP contribution in [-0.4, -0.2) is 28.7 Å². The number of nitrogens with one attached hydrogen (secondary N) is 1. The minimum absolute atomic E-state index is 0.0826. The van der Waals surface area contributed by atoms with Crippen LogP contribution >= 0.6 is 11.8 Å². The maximum Gasteiger partial charge on any atom is 0.230 e. The molecule has 0 saturated carbocycles. The SMILES string of the molecule is COc1cc(CNC(=O)CSc2ncccn2)ccc1OCc1ccccc1. The molecule has 2 aromatic carbocycles. The normalized spacial score (nSPS) is 10.3. The number of nitrogens with zero attached hydrogens (tertiary/aromatic N) is 2. The topological polar surface area (TPSA) is 73.3 Å². The highest BCUT2D eigenvalue weighted by atomic mass is 32.2. The summed E-state index contributed by atoms with van der Waals surface area (Å²) in [4.78, 5) is 20.2. The van der Waals surface area contributed by atoms with E-state index >= 15 is 0 Å². The zero-order valence-electron chi connectivity index (χ0n) is 15.5. The summed E-state index contributed by atoms with van der Waals surface area (Å²) in [5.41, 5.74) is 2.01. The fraction of sp³-hybridized carbons (Fsp3) is 0.190. The Kier molecular flexibility index (Phi) is 7.26. The molecular formula is C21H21N3O3S. The third-order valence-electron chi connectivity index (χ3n) is 3.83. The molecule has 1 aromatic heterocycles. The molecular weight excluding hydrogens is 374 g/mol. The smallest absolute Gasteiger partial charge is 0.230 e. The molecule has 144 valence electrons. The fourth-order valence-electron chi connectivity index (χ4n) is 2.42. The van der Waals surface area contributed by atoms with Crippen molar-refractivity contribution in [2.45, 2.75) is 18.3 Å². The van der Waals surface area contributed by atoms with Crippen molar-refractivity contribution in [2.24, 2.45) is 0 Å². The first-order valence-electron chi connectivity index (χ1n) is 8.75. The Morgan fingerprint density at radius 1 is 1.00 bits per heavy atom. The first kappa shape index (κ1) is 19.7. The summed E-state index contributed by atoms with van der Waals surface area (Å²) in [6, 6.07) is 17.3. The van der Waals surface area contributed by atoms with Gasteiger partial charge in [0.25, 0.3) is 0 Å². The van der Waals surface area contributed by atoms with E-state index in [0.717, 1.165) is 11.1 Å². The zero-order chi connectivity index (χ0) is 19.6. The van der Waals surface area contributed by atoms with Gasteiger partial charge in [0.05, 0.1) is 12.9 Å². The molecule has 6 nitrogen and oxygen atoms in total. The molecule has 28 heavy (non-hydrogen) atoms. The van der Waals surface area contributed by atoms with E-state index in [2.05, 4.69) is 15.3 Å². The highest BCUT2D eigenvalue weighted by molar-refractivity contribution is 7.99. The third kappa shape index (κ3) is 5.99. The van der Waals surface area contributed by atoms with Gasteiger partial charge in [0.15, 0.2) is 16.7 Å². The van der Waals surface area contributed by atoms with Crippen molar-refractivity contribution in [3.05, 3.63) is 78.1 Å². The molecule has 0 unspecified atom stereocenters. The Balaban J connectivity index is 1.50. The van der Waals surface area contributed by atoms with E-state index in [9.17, 15) is 4.79 Å². The van der Waals surface area contributed by atoms with Gasteiger partial charge in [-0.15, -0.1) is 0 Å². The highest BCUT2D eigenvalue weighted by Crippen LogP contribution is 2.28. The second-order valence-electron chi connectivity index (χ2n) is 5.86. The standard InChI is InChI=1S/C21H21N3O3S/c1-26-19-12-17(8-9-18(19)27-14-16-6-3-2-4-7-16)13-24-20(25)15-28-21-22-10-5-11-23-21/h2-12H,13-15H2,1H3,(H,24,25). The summed E-state index contributed by atoms with van der Waals surface area (Å²) in [5.74, 6) is 1.48. The monoisotopic (exact) mass is 395 g/mol. The molecule has 0 spiro atoms. The summed E-state index contributed by atoms with van der Waals surface area (Å²) >= 11 is 1.30. The molecule has 0 aliphatic carbocycles. The van der Waals surface area contributed by atoms with Crippen molar-refractivity contribution >= 4 is 17.7 Å². The van der Waals surface area contributed by atoms with Crippen LogP contribution in [0.5, 0.6) is 11.5 Å². The van der Waals surface area contributed by atoms with Crippen molar-refractivity contribution in [1.82, 2.24) is 15.3 Å². The molecule has 7 heteroatoms. The van der Waals surface area contributed by atoms with Crippen molar-refractivity contribution in [3.8, 4) is 11.5 Å². The molecule has 0 radical (unpaired) electrons. The van der Waals surface area contributed by atoms with Crippen molar-refractivity contribution in [1.29, 1.82) is 0 Å². The van der Waals surface area contributed by atoms with Crippen molar-refractivity contribution in [2.75, 3.05) is 12.9 Å². The highest BCUT2D eigenvalue weighted by Gasteiger charge is 2.08. The van der Waals surface area contributed by atoms with Gasteiger partial charge in [-0.25, -0.2) is 9.97 Å². The van der Waals surface area contributed by atoms with Crippen LogP contribution in [0.25, 0.3) is 0 Å². The quantitative estimate of drug-likeness (QED) is 0.442. The van der Waals surface area contributed by atoms with Crippen LogP contribution in [0.1, 0.15) is 11.1 Å². The number of aromatic nitrogens is 2. The molecule has 1 N–H and O–H groups in total. The minimum Gasteiger partial charge on any atom is -0.493 e. The number of carbonyl (C=O) groups excluding carboxylic acids is 1. The fourth-order valence-corrected chi connectivity index (χ4v) is 3.05. The summed E-state index contributed by atoms with van der Waals surface area (Å²) in [7, 11) is 1.60. The largest absolute Gasteiger partial charge is 0.493 e. The van der Waals surface area contributed by atoms with Crippen LogP contribution in [-0.2, 0) is 17.9 Å². The number of hydrogen-bond acceptors (Lipinski definition) is 6. The van der Waals surface area contributed by atoms with Gasteiger partial charge < -0.3 is 14.8 Å². The van der Waals surface area contributed by atoms with Gasteiger partial charge in [-0.2, -0.15) is 0 Å². The molecule has 3 rings (SSSR count). The Hall–Kier alpha value is -3.06. The number of benzene rings is 2. The molecule has 0 bridgehead atoms. The Bertz CT molecular complexity index is 892. The molecule has 0 atom stereocenters. The van der Waals surface area contributed by atoms with E-state index in [4.69, 9.17) is 9.47 Å². The first-order chi connectivity index (χ1) is 13.7. The van der Waals surface area contributed by atoms with Crippen LogP contribution in [0.4, 0.5) is 0 Å². The maximum absolute atomic E-state index is 12.0. The first-order valence-corrected chi connectivity index (χ1v) is 9.73. The Labute approximate surface area is 168 Å². The lowest BCUT2D eigenvalue weighted by Gasteiger charge is -2.13. The van der Waals surface area contributed by atoms with E-state index in [1.54, 1.807) is 25.6 Å². The van der Waals surface area contributed by atoms with Gasteiger partial charge in [0, 0.05) is 18.9 Å². The summed E-state index contributed by atoms with van der Waals surface area (Å²) in [6.45, 7) is 0.871. The summed E-state index contributed by atoms with van der Waals surface area (Å²) < 4.78 is 11.3. The number of amides is 1. The molecule has 0 aliphatic rings. The summed E-state index contributed by atoms with van der Waals surface area (Å²) in [5, 5.41) is 3.47. The van der Waals surface area contributed by atoms with Gasteiger partial charge in [0.2, 0.25) is 5.91 Å². The predicted octanol–water partition coefficient (Wildman–Crippen LogP) is 3.47. The number of carbonyl (C=O) groups is 1. The zero-order valence-corrected chi connectivity index (χ0v) is 16.3. The lowest BCUT2D eigenvalue weighted by Crippen LogP contribution is -2.24. The molecule has 3 aromatic rings. The van der Waals surface area contributed by atoms with Gasteiger partial charge in [-0.1, -0.05) is 48.2 Å². The lowest BCUT2D eigenvalue weighted by atomic mass is 10.2. The Morgan fingerprint density at radius 3 is 2.54 bits per heavy atom. The molecule has 1 amide bonds. The van der Waals surface area contributed by atoms with E-state index in [-0.39, 0.29) is 11.7 Å². The van der Waals surface area contributed by atoms with Crippen LogP contribution in [0, 0.1) is 0 Å². The lowest BCUT2D eigenvalue weighted by molar-refractivity contribution is -0.118. The minimum atomic E-state index is -0.0826. The maximum atomic E-state index is 12.0. The number of rotatable bonds is 9. The van der Waals surface area contributed by atoms with Gasteiger partial charge in [0.1, 0.15) is 6.61 Å². The van der Waals surface area contributed by atoms with Gasteiger partial charge >= 0.3 is 0 Å². The molecule has 0 fully saturated rings. The van der Waals surface area contributed by atoms with E-state index < -0.39 is 0 Å². The van der Waals surface area contributed by atoms with Crippen molar-refractivity contribution in [3.63, 3.8) is 0 Å². The van der Waals surface area contributed by atoms with Crippen LogP contribution in [0.2, 0.25) is 0 Å². The average Bonchev–Trinajstić information content (AvgIpc) is 2.76. The van der Waals surface area contributed by atoms with E-state index in [1.807, 2.05) is 48.5 Å². The molecule has 0 aliphatic heterocycles.